The number of benzene rings is 1. The van der Waals surface area contributed by atoms with Crippen molar-refractivity contribution < 1.29 is 9.90 Å². The van der Waals surface area contributed by atoms with Crippen molar-refractivity contribution in [3.8, 4) is 0 Å². The first-order chi connectivity index (χ1) is 7.43. The lowest BCUT2D eigenvalue weighted by Gasteiger charge is -2.20. The topological polar surface area (TPSA) is 40.5 Å². The Bertz CT molecular complexity index is 386. The van der Waals surface area contributed by atoms with Crippen LogP contribution in [0.1, 0.15) is 28.4 Å². The Morgan fingerprint density at radius 2 is 2.06 bits per heavy atom. The number of amides is 1. The van der Waals surface area contributed by atoms with Gasteiger partial charge in [0.25, 0.3) is 5.91 Å². The molecule has 3 nitrogen and oxygen atoms in total. The molecule has 3 heteroatoms. The summed E-state index contributed by atoms with van der Waals surface area (Å²) in [6.45, 7) is 5.96. The molecule has 16 heavy (non-hydrogen) atoms. The molecule has 1 unspecified atom stereocenters. The van der Waals surface area contributed by atoms with E-state index in [0.717, 1.165) is 11.1 Å². The summed E-state index contributed by atoms with van der Waals surface area (Å²) in [4.78, 5) is 13.6. The predicted molar refractivity (Wildman–Crippen MR) is 64.6 cm³/mol. The quantitative estimate of drug-likeness (QED) is 0.845. The molecule has 1 aromatic rings. The van der Waals surface area contributed by atoms with Crippen molar-refractivity contribution in [1.82, 2.24) is 4.90 Å². The normalized spacial score (nSPS) is 12.3. The molecule has 1 N–H and O–H groups in total. The van der Waals surface area contributed by atoms with Crippen molar-refractivity contribution in [3.63, 3.8) is 0 Å². The van der Waals surface area contributed by atoms with E-state index in [9.17, 15) is 9.90 Å². The number of hydrogen-bond acceptors (Lipinski definition) is 2. The third-order valence-electron chi connectivity index (χ3n) is 2.72. The number of aliphatic hydroxyl groups excluding tert-OH is 1. The van der Waals surface area contributed by atoms with E-state index in [1.807, 2.05) is 32.0 Å². The molecule has 0 saturated heterocycles. The number of hydrogen-bond donors (Lipinski definition) is 1. The molecule has 1 aromatic carbocycles. The number of nitrogens with zero attached hydrogens (tertiary/aromatic N) is 1. The summed E-state index contributed by atoms with van der Waals surface area (Å²) < 4.78 is 0. The van der Waals surface area contributed by atoms with Gasteiger partial charge in [-0.15, -0.1) is 0 Å². The SMILES string of the molecule is Cc1cccc(C(=O)N(C)CC(C)O)c1C. The second-order valence-electron chi connectivity index (χ2n) is 4.28. The summed E-state index contributed by atoms with van der Waals surface area (Å²) in [5, 5.41) is 9.25. The van der Waals surface area contributed by atoms with Gasteiger partial charge in [-0.05, 0) is 38.0 Å². The number of aliphatic hydroxyl groups is 1. The molecular formula is C13H19NO2. The maximum atomic E-state index is 12.1. The van der Waals surface area contributed by atoms with E-state index in [1.165, 1.54) is 0 Å². The van der Waals surface area contributed by atoms with E-state index in [2.05, 4.69) is 0 Å². The first kappa shape index (κ1) is 12.7. The van der Waals surface area contributed by atoms with Gasteiger partial charge in [-0.2, -0.15) is 0 Å². The molecule has 0 heterocycles. The summed E-state index contributed by atoms with van der Waals surface area (Å²) in [6, 6.07) is 5.69. The Labute approximate surface area is 96.7 Å². The van der Waals surface area contributed by atoms with Crippen molar-refractivity contribution in [1.29, 1.82) is 0 Å². The Hall–Kier alpha value is -1.35. The predicted octanol–water partition coefficient (Wildman–Crippen LogP) is 1.76. The molecule has 0 saturated carbocycles. The van der Waals surface area contributed by atoms with Crippen LogP contribution in [0, 0.1) is 13.8 Å². The fourth-order valence-electron chi connectivity index (χ4n) is 1.67. The fourth-order valence-corrected chi connectivity index (χ4v) is 1.67. The molecule has 0 fully saturated rings. The lowest BCUT2D eigenvalue weighted by Crippen LogP contribution is -2.33. The highest BCUT2D eigenvalue weighted by atomic mass is 16.3. The molecule has 0 aromatic heterocycles. The van der Waals surface area contributed by atoms with E-state index in [-0.39, 0.29) is 5.91 Å². The third kappa shape index (κ3) is 2.83. The molecule has 0 aliphatic heterocycles. The summed E-state index contributed by atoms with van der Waals surface area (Å²) in [7, 11) is 1.71. The lowest BCUT2D eigenvalue weighted by atomic mass is 10.0. The Kier molecular flexibility index (Phi) is 4.07. The van der Waals surface area contributed by atoms with Gasteiger partial charge in [-0.3, -0.25) is 4.79 Å². The molecule has 1 amide bonds. The number of aryl methyl sites for hydroxylation is 1. The minimum Gasteiger partial charge on any atom is -0.392 e. The lowest BCUT2D eigenvalue weighted by molar-refractivity contribution is 0.0703. The van der Waals surface area contributed by atoms with Crippen molar-refractivity contribution in [3.05, 3.63) is 34.9 Å². The van der Waals surface area contributed by atoms with Crippen LogP contribution in [0.3, 0.4) is 0 Å². The van der Waals surface area contributed by atoms with Crippen LogP contribution in [0.15, 0.2) is 18.2 Å². The van der Waals surface area contributed by atoms with E-state index < -0.39 is 6.10 Å². The van der Waals surface area contributed by atoms with E-state index >= 15 is 0 Å². The summed E-state index contributed by atoms with van der Waals surface area (Å²) in [5.74, 6) is -0.0397. The standard InChI is InChI=1S/C13H19NO2/c1-9-6-5-7-12(11(9)3)13(16)14(4)8-10(2)15/h5-7,10,15H,8H2,1-4H3. The molecule has 1 rings (SSSR count). The largest absolute Gasteiger partial charge is 0.392 e. The van der Waals surface area contributed by atoms with Crippen LogP contribution in [0.2, 0.25) is 0 Å². The van der Waals surface area contributed by atoms with Gasteiger partial charge in [0.05, 0.1) is 6.10 Å². The third-order valence-corrected chi connectivity index (χ3v) is 2.72. The fraction of sp³-hybridized carbons (Fsp3) is 0.462. The van der Waals surface area contributed by atoms with Gasteiger partial charge in [0.1, 0.15) is 0 Å². The van der Waals surface area contributed by atoms with Gasteiger partial charge in [0, 0.05) is 19.2 Å². The minimum atomic E-state index is -0.501. The highest BCUT2D eigenvalue weighted by Gasteiger charge is 2.15. The van der Waals surface area contributed by atoms with E-state index in [1.54, 1.807) is 18.9 Å². The average molecular weight is 221 g/mol. The van der Waals surface area contributed by atoms with Crippen molar-refractivity contribution in [2.45, 2.75) is 26.9 Å². The first-order valence-electron chi connectivity index (χ1n) is 5.43. The summed E-state index contributed by atoms with van der Waals surface area (Å²) >= 11 is 0. The van der Waals surface area contributed by atoms with E-state index in [4.69, 9.17) is 0 Å². The maximum absolute atomic E-state index is 12.1. The number of carbonyl (C=O) groups excluding carboxylic acids is 1. The summed E-state index contributed by atoms with van der Waals surface area (Å²) in [5.41, 5.74) is 2.82. The van der Waals surface area contributed by atoms with Crippen LogP contribution in [0.4, 0.5) is 0 Å². The van der Waals surface area contributed by atoms with Crippen LogP contribution < -0.4 is 0 Å². The number of carbonyl (C=O) groups is 1. The zero-order valence-electron chi connectivity index (χ0n) is 10.3. The monoisotopic (exact) mass is 221 g/mol. The molecule has 1 atom stereocenters. The molecule has 88 valence electrons. The zero-order chi connectivity index (χ0) is 12.3. The molecule has 0 radical (unpaired) electrons. The maximum Gasteiger partial charge on any atom is 0.253 e. The number of rotatable bonds is 3. The Morgan fingerprint density at radius 3 is 2.62 bits per heavy atom. The van der Waals surface area contributed by atoms with Crippen LogP contribution >= 0.6 is 0 Å². The molecular weight excluding hydrogens is 202 g/mol. The van der Waals surface area contributed by atoms with Gasteiger partial charge in [-0.25, -0.2) is 0 Å². The second-order valence-corrected chi connectivity index (χ2v) is 4.28. The Balaban J connectivity index is 2.92. The highest BCUT2D eigenvalue weighted by Crippen LogP contribution is 2.14. The molecule has 0 bridgehead atoms. The van der Waals surface area contributed by atoms with Crippen molar-refractivity contribution in [2.24, 2.45) is 0 Å². The minimum absolute atomic E-state index is 0.0397. The van der Waals surface area contributed by atoms with Crippen molar-refractivity contribution >= 4 is 5.91 Å². The summed E-state index contributed by atoms with van der Waals surface area (Å²) in [6.07, 6.45) is -0.501. The average Bonchev–Trinajstić information content (AvgIpc) is 2.20. The highest BCUT2D eigenvalue weighted by molar-refractivity contribution is 5.95. The van der Waals surface area contributed by atoms with Gasteiger partial charge >= 0.3 is 0 Å². The van der Waals surface area contributed by atoms with Crippen LogP contribution in [-0.2, 0) is 0 Å². The van der Waals surface area contributed by atoms with Gasteiger partial charge in [0.15, 0.2) is 0 Å². The zero-order valence-corrected chi connectivity index (χ0v) is 10.3. The van der Waals surface area contributed by atoms with Gasteiger partial charge < -0.3 is 10.0 Å². The van der Waals surface area contributed by atoms with Crippen LogP contribution in [0.25, 0.3) is 0 Å². The number of likely N-dealkylation sites (N-methyl/N-ethyl adjacent to an activating group) is 1. The van der Waals surface area contributed by atoms with Crippen LogP contribution in [0.5, 0.6) is 0 Å². The molecule has 0 aliphatic rings. The second kappa shape index (κ2) is 5.12. The van der Waals surface area contributed by atoms with Crippen molar-refractivity contribution in [2.75, 3.05) is 13.6 Å². The molecule has 0 spiro atoms. The smallest absolute Gasteiger partial charge is 0.253 e. The van der Waals surface area contributed by atoms with Crippen LogP contribution in [-0.4, -0.2) is 35.6 Å². The first-order valence-corrected chi connectivity index (χ1v) is 5.43. The van der Waals surface area contributed by atoms with Gasteiger partial charge in [-0.1, -0.05) is 12.1 Å². The van der Waals surface area contributed by atoms with E-state index in [0.29, 0.717) is 12.1 Å². The Morgan fingerprint density at radius 1 is 1.44 bits per heavy atom. The van der Waals surface area contributed by atoms with Gasteiger partial charge in [0.2, 0.25) is 0 Å². The molecule has 0 aliphatic carbocycles.